The monoisotopic (exact) mass is 362 g/mol. The quantitative estimate of drug-likeness (QED) is 0.612. The third-order valence-electron chi connectivity index (χ3n) is 3.87. The molecule has 0 atom stereocenters. The van der Waals surface area contributed by atoms with Gasteiger partial charge < -0.3 is 14.4 Å². The number of ether oxygens (including phenoxy) is 2. The van der Waals surface area contributed by atoms with E-state index in [1.54, 1.807) is 29.4 Å². The number of pyridine rings is 1. The molecule has 5 nitrogen and oxygen atoms in total. The summed E-state index contributed by atoms with van der Waals surface area (Å²) in [6.45, 7) is 3.87. The summed E-state index contributed by atoms with van der Waals surface area (Å²) >= 11 is 0. The van der Waals surface area contributed by atoms with Crippen LogP contribution in [0.4, 0.5) is 5.69 Å². The number of nitrogens with zero attached hydrogens (tertiary/aromatic N) is 2. The molecule has 0 radical (unpaired) electrons. The van der Waals surface area contributed by atoms with Crippen LogP contribution in [0.1, 0.15) is 13.8 Å². The Labute approximate surface area is 159 Å². The lowest BCUT2D eigenvalue weighted by atomic mass is 10.2. The molecule has 0 saturated carbocycles. The van der Waals surface area contributed by atoms with Crippen molar-refractivity contribution < 1.29 is 14.3 Å². The van der Waals surface area contributed by atoms with E-state index in [1.165, 1.54) is 0 Å². The topological polar surface area (TPSA) is 51.7 Å². The van der Waals surface area contributed by atoms with Crippen LogP contribution in [0.2, 0.25) is 0 Å². The van der Waals surface area contributed by atoms with Crippen LogP contribution in [0.5, 0.6) is 17.2 Å². The van der Waals surface area contributed by atoms with Crippen LogP contribution in [0.15, 0.2) is 79.1 Å². The van der Waals surface area contributed by atoms with Crippen LogP contribution in [0.25, 0.3) is 0 Å². The minimum Gasteiger partial charge on any atom is -0.484 e. The number of hydrogen-bond donors (Lipinski definition) is 0. The molecular weight excluding hydrogens is 340 g/mol. The molecule has 0 spiro atoms. The summed E-state index contributed by atoms with van der Waals surface area (Å²) in [4.78, 5) is 18.4. The van der Waals surface area contributed by atoms with Crippen molar-refractivity contribution in [2.75, 3.05) is 11.5 Å². The van der Waals surface area contributed by atoms with E-state index in [4.69, 9.17) is 9.47 Å². The van der Waals surface area contributed by atoms with Gasteiger partial charge in [-0.2, -0.15) is 0 Å². The van der Waals surface area contributed by atoms with Crippen LogP contribution < -0.4 is 14.4 Å². The van der Waals surface area contributed by atoms with Crippen LogP contribution in [0.3, 0.4) is 0 Å². The van der Waals surface area contributed by atoms with Crippen molar-refractivity contribution in [2.24, 2.45) is 0 Å². The maximum absolute atomic E-state index is 12.6. The molecule has 138 valence electrons. The highest BCUT2D eigenvalue weighted by Gasteiger charge is 2.19. The molecule has 0 saturated heterocycles. The maximum atomic E-state index is 12.6. The molecule has 1 heterocycles. The van der Waals surface area contributed by atoms with Gasteiger partial charge in [0.25, 0.3) is 5.91 Å². The molecular formula is C22H22N2O3. The molecule has 2 aromatic carbocycles. The average Bonchev–Trinajstić information content (AvgIpc) is 2.69. The predicted octanol–water partition coefficient (Wildman–Crippen LogP) is 4.69. The second-order valence-electron chi connectivity index (χ2n) is 6.24. The van der Waals surface area contributed by atoms with Crippen molar-refractivity contribution >= 4 is 11.6 Å². The van der Waals surface area contributed by atoms with E-state index in [1.807, 2.05) is 68.4 Å². The Bertz CT molecular complexity index is 850. The molecule has 0 aliphatic rings. The molecule has 1 amide bonds. The zero-order valence-corrected chi connectivity index (χ0v) is 15.4. The highest BCUT2D eigenvalue weighted by Crippen LogP contribution is 2.24. The van der Waals surface area contributed by atoms with Gasteiger partial charge in [0.15, 0.2) is 6.61 Å². The van der Waals surface area contributed by atoms with Gasteiger partial charge in [0, 0.05) is 12.2 Å². The van der Waals surface area contributed by atoms with Gasteiger partial charge in [-0.3, -0.25) is 9.78 Å². The lowest BCUT2D eigenvalue weighted by Crippen LogP contribution is -2.40. The van der Waals surface area contributed by atoms with E-state index in [2.05, 4.69) is 4.98 Å². The van der Waals surface area contributed by atoms with E-state index >= 15 is 0 Å². The van der Waals surface area contributed by atoms with Gasteiger partial charge in [-0.15, -0.1) is 0 Å². The summed E-state index contributed by atoms with van der Waals surface area (Å²) < 4.78 is 11.4. The fourth-order valence-corrected chi connectivity index (χ4v) is 2.67. The van der Waals surface area contributed by atoms with E-state index < -0.39 is 0 Å². The molecule has 0 bridgehead atoms. The Morgan fingerprint density at radius 1 is 0.926 bits per heavy atom. The zero-order chi connectivity index (χ0) is 19.1. The predicted molar refractivity (Wildman–Crippen MR) is 105 cm³/mol. The number of amides is 1. The minimum atomic E-state index is -0.123. The molecule has 0 aliphatic carbocycles. The fourth-order valence-electron chi connectivity index (χ4n) is 2.67. The number of aromatic nitrogens is 1. The van der Waals surface area contributed by atoms with Crippen molar-refractivity contribution in [3.63, 3.8) is 0 Å². The Kier molecular flexibility index (Phi) is 6.05. The average molecular weight is 362 g/mol. The number of hydrogen-bond acceptors (Lipinski definition) is 4. The molecule has 3 aromatic rings. The summed E-state index contributed by atoms with van der Waals surface area (Å²) in [5.74, 6) is 1.96. The van der Waals surface area contributed by atoms with Gasteiger partial charge in [-0.25, -0.2) is 0 Å². The van der Waals surface area contributed by atoms with Gasteiger partial charge >= 0.3 is 0 Å². The zero-order valence-electron chi connectivity index (χ0n) is 15.4. The summed E-state index contributed by atoms with van der Waals surface area (Å²) in [5, 5.41) is 0. The lowest BCUT2D eigenvalue weighted by Gasteiger charge is -2.26. The number of benzene rings is 2. The number of carbonyl (C=O) groups is 1. The standard InChI is InChI=1S/C22H22N2O3/c1-17(2)24(18-7-6-14-23-15-18)22(25)16-26-19-10-12-21(13-11-19)27-20-8-4-3-5-9-20/h3-15,17H,16H2,1-2H3. The molecule has 1 aromatic heterocycles. The SMILES string of the molecule is CC(C)N(C(=O)COc1ccc(Oc2ccccc2)cc1)c1cccnc1. The first-order valence-corrected chi connectivity index (χ1v) is 8.81. The molecule has 27 heavy (non-hydrogen) atoms. The highest BCUT2D eigenvalue weighted by molar-refractivity contribution is 5.94. The van der Waals surface area contributed by atoms with Gasteiger partial charge in [-0.05, 0) is 62.4 Å². The van der Waals surface area contributed by atoms with Crippen molar-refractivity contribution in [1.82, 2.24) is 4.98 Å². The van der Waals surface area contributed by atoms with Crippen LogP contribution in [-0.4, -0.2) is 23.5 Å². The molecule has 3 rings (SSSR count). The lowest BCUT2D eigenvalue weighted by molar-refractivity contribution is -0.120. The van der Waals surface area contributed by atoms with E-state index in [0.717, 1.165) is 11.4 Å². The third-order valence-corrected chi connectivity index (χ3v) is 3.87. The van der Waals surface area contributed by atoms with Crippen molar-refractivity contribution in [1.29, 1.82) is 0 Å². The molecule has 0 unspecified atom stereocenters. The van der Waals surface area contributed by atoms with Crippen molar-refractivity contribution in [3.05, 3.63) is 79.1 Å². The summed E-state index contributed by atoms with van der Waals surface area (Å²) in [6, 6.07) is 20.4. The van der Waals surface area contributed by atoms with Gasteiger partial charge in [0.2, 0.25) is 0 Å². The van der Waals surface area contributed by atoms with Gasteiger partial charge in [-0.1, -0.05) is 18.2 Å². The number of para-hydroxylation sites is 1. The Morgan fingerprint density at radius 2 is 1.59 bits per heavy atom. The minimum absolute atomic E-state index is 0.00643. The Morgan fingerprint density at radius 3 is 2.22 bits per heavy atom. The van der Waals surface area contributed by atoms with E-state index in [9.17, 15) is 4.79 Å². The molecule has 0 aliphatic heterocycles. The van der Waals surface area contributed by atoms with Crippen LogP contribution in [0, 0.1) is 0 Å². The van der Waals surface area contributed by atoms with E-state index in [0.29, 0.717) is 11.5 Å². The van der Waals surface area contributed by atoms with E-state index in [-0.39, 0.29) is 18.6 Å². The molecule has 5 heteroatoms. The van der Waals surface area contributed by atoms with Crippen LogP contribution >= 0.6 is 0 Å². The normalized spacial score (nSPS) is 10.5. The third kappa shape index (κ3) is 5.07. The number of rotatable bonds is 7. The molecule has 0 fully saturated rings. The Hall–Kier alpha value is -3.34. The van der Waals surface area contributed by atoms with Crippen molar-refractivity contribution in [3.8, 4) is 17.2 Å². The fraction of sp³-hybridized carbons (Fsp3) is 0.182. The highest BCUT2D eigenvalue weighted by atomic mass is 16.5. The summed E-state index contributed by atoms with van der Waals surface area (Å²) in [5.41, 5.74) is 0.757. The van der Waals surface area contributed by atoms with Crippen molar-refractivity contribution in [2.45, 2.75) is 19.9 Å². The largest absolute Gasteiger partial charge is 0.484 e. The molecule has 0 N–H and O–H groups in total. The summed E-state index contributed by atoms with van der Waals surface area (Å²) in [6.07, 6.45) is 3.36. The Balaban J connectivity index is 1.59. The number of anilines is 1. The summed E-state index contributed by atoms with van der Waals surface area (Å²) in [7, 11) is 0. The van der Waals surface area contributed by atoms with Gasteiger partial charge in [0.05, 0.1) is 11.9 Å². The smallest absolute Gasteiger partial charge is 0.265 e. The van der Waals surface area contributed by atoms with Gasteiger partial charge in [0.1, 0.15) is 17.2 Å². The second-order valence-corrected chi connectivity index (χ2v) is 6.24. The second kappa shape index (κ2) is 8.85. The first kappa shape index (κ1) is 18.5. The number of carbonyl (C=O) groups excluding carboxylic acids is 1. The van der Waals surface area contributed by atoms with Crippen LogP contribution in [-0.2, 0) is 4.79 Å². The first-order chi connectivity index (χ1) is 13.1. The first-order valence-electron chi connectivity index (χ1n) is 8.81. The maximum Gasteiger partial charge on any atom is 0.265 e.